The molecule has 0 unspecified atom stereocenters. The first kappa shape index (κ1) is 13.7. The summed E-state index contributed by atoms with van der Waals surface area (Å²) in [5.74, 6) is 1.74. The summed E-state index contributed by atoms with van der Waals surface area (Å²) in [6.45, 7) is 11.0. The van der Waals surface area contributed by atoms with Crippen molar-refractivity contribution in [3.8, 4) is 11.5 Å². The maximum atomic E-state index is 5.74. The first-order valence-electron chi connectivity index (χ1n) is 6.24. The van der Waals surface area contributed by atoms with E-state index in [0.717, 1.165) is 23.7 Å². The maximum Gasteiger partial charge on any atom is 0.143 e. The van der Waals surface area contributed by atoms with Crippen LogP contribution in [0.15, 0.2) is 18.2 Å². The largest absolute Gasteiger partial charge is 0.491 e. The van der Waals surface area contributed by atoms with E-state index >= 15 is 0 Å². The van der Waals surface area contributed by atoms with E-state index < -0.39 is 0 Å². The van der Waals surface area contributed by atoms with E-state index in [1.807, 2.05) is 45.9 Å². The van der Waals surface area contributed by atoms with Gasteiger partial charge in [-0.25, -0.2) is 0 Å². The number of ether oxygens (including phenoxy) is 2. The van der Waals surface area contributed by atoms with Gasteiger partial charge >= 0.3 is 0 Å². The van der Waals surface area contributed by atoms with E-state index in [2.05, 4.69) is 12.2 Å². The lowest BCUT2D eigenvalue weighted by Gasteiger charge is -2.17. The van der Waals surface area contributed by atoms with Crippen molar-refractivity contribution in [1.82, 2.24) is 0 Å². The molecule has 17 heavy (non-hydrogen) atoms. The van der Waals surface area contributed by atoms with Gasteiger partial charge in [-0.05, 0) is 46.8 Å². The summed E-state index contributed by atoms with van der Waals surface area (Å²) in [6, 6.07) is 5.88. The first-order valence-corrected chi connectivity index (χ1v) is 6.24. The van der Waals surface area contributed by atoms with E-state index in [4.69, 9.17) is 9.47 Å². The summed E-state index contributed by atoms with van der Waals surface area (Å²) >= 11 is 0. The molecule has 0 fully saturated rings. The summed E-state index contributed by atoms with van der Waals surface area (Å²) in [6.07, 6.45) is 0.352. The molecule has 0 saturated carbocycles. The molecule has 0 amide bonds. The Morgan fingerprint density at radius 2 is 1.71 bits per heavy atom. The summed E-state index contributed by atoms with van der Waals surface area (Å²) in [4.78, 5) is 0. The van der Waals surface area contributed by atoms with Gasteiger partial charge in [0, 0.05) is 12.6 Å². The molecular weight excluding hydrogens is 214 g/mol. The molecule has 0 saturated heterocycles. The van der Waals surface area contributed by atoms with E-state index in [9.17, 15) is 0 Å². The Hall–Kier alpha value is -1.38. The summed E-state index contributed by atoms with van der Waals surface area (Å²) in [5.41, 5.74) is 0.986. The van der Waals surface area contributed by atoms with Crippen molar-refractivity contribution in [2.45, 2.75) is 46.8 Å². The highest BCUT2D eigenvalue weighted by Gasteiger charge is 2.07. The van der Waals surface area contributed by atoms with Crippen LogP contribution in [0.3, 0.4) is 0 Å². The van der Waals surface area contributed by atoms with Crippen LogP contribution < -0.4 is 14.8 Å². The molecule has 0 spiro atoms. The summed E-state index contributed by atoms with van der Waals surface area (Å²) < 4.78 is 11.4. The SMILES string of the molecule is CCNc1cc(OC(C)C)ccc1OC(C)C. The molecule has 3 heteroatoms. The molecule has 1 rings (SSSR count). The number of hydrogen-bond donors (Lipinski definition) is 1. The van der Waals surface area contributed by atoms with E-state index in [1.165, 1.54) is 0 Å². The minimum atomic E-state index is 0.171. The van der Waals surface area contributed by atoms with Crippen molar-refractivity contribution >= 4 is 5.69 Å². The second kappa shape index (κ2) is 6.38. The molecule has 0 aliphatic carbocycles. The van der Waals surface area contributed by atoms with Gasteiger partial charge in [-0.15, -0.1) is 0 Å². The Morgan fingerprint density at radius 3 is 2.24 bits per heavy atom. The highest BCUT2D eigenvalue weighted by atomic mass is 16.5. The molecule has 0 atom stereocenters. The van der Waals surface area contributed by atoms with Gasteiger partial charge in [-0.2, -0.15) is 0 Å². The van der Waals surface area contributed by atoms with Crippen LogP contribution in [0.5, 0.6) is 11.5 Å². The van der Waals surface area contributed by atoms with E-state index in [1.54, 1.807) is 0 Å². The Balaban J connectivity index is 2.90. The Bertz CT molecular complexity index is 348. The first-order chi connectivity index (χ1) is 8.02. The summed E-state index contributed by atoms with van der Waals surface area (Å²) in [5, 5.41) is 3.29. The van der Waals surface area contributed by atoms with Crippen molar-refractivity contribution in [3.05, 3.63) is 18.2 Å². The van der Waals surface area contributed by atoms with E-state index in [0.29, 0.717) is 0 Å². The van der Waals surface area contributed by atoms with Crippen LogP contribution in [-0.2, 0) is 0 Å². The normalized spacial score (nSPS) is 10.8. The maximum absolute atomic E-state index is 5.74. The molecule has 0 aliphatic rings. The third-order valence-corrected chi connectivity index (χ3v) is 2.05. The average Bonchev–Trinajstić information content (AvgIpc) is 2.21. The van der Waals surface area contributed by atoms with Crippen LogP contribution in [0.2, 0.25) is 0 Å². The van der Waals surface area contributed by atoms with Crippen molar-refractivity contribution in [2.24, 2.45) is 0 Å². The number of nitrogens with one attached hydrogen (secondary N) is 1. The number of anilines is 1. The number of hydrogen-bond acceptors (Lipinski definition) is 3. The van der Waals surface area contributed by atoms with Crippen LogP contribution in [0, 0.1) is 0 Å². The van der Waals surface area contributed by atoms with Gasteiger partial charge in [-0.3, -0.25) is 0 Å². The van der Waals surface area contributed by atoms with Gasteiger partial charge in [0.2, 0.25) is 0 Å². The smallest absolute Gasteiger partial charge is 0.143 e. The highest BCUT2D eigenvalue weighted by molar-refractivity contribution is 5.59. The standard InChI is InChI=1S/C14H23NO2/c1-6-15-13-9-12(16-10(2)3)7-8-14(13)17-11(4)5/h7-11,15H,6H2,1-5H3. The molecule has 0 aromatic heterocycles. The third kappa shape index (κ3) is 4.55. The monoisotopic (exact) mass is 237 g/mol. The topological polar surface area (TPSA) is 30.5 Å². The second-order valence-corrected chi connectivity index (χ2v) is 4.52. The van der Waals surface area contributed by atoms with Crippen molar-refractivity contribution in [2.75, 3.05) is 11.9 Å². The van der Waals surface area contributed by atoms with Gasteiger partial charge in [0.05, 0.1) is 17.9 Å². The fourth-order valence-corrected chi connectivity index (χ4v) is 1.54. The zero-order valence-corrected chi connectivity index (χ0v) is 11.4. The van der Waals surface area contributed by atoms with Gasteiger partial charge in [-0.1, -0.05) is 0 Å². The molecule has 3 nitrogen and oxygen atoms in total. The van der Waals surface area contributed by atoms with E-state index in [-0.39, 0.29) is 12.2 Å². The van der Waals surface area contributed by atoms with Crippen molar-refractivity contribution in [1.29, 1.82) is 0 Å². The number of rotatable bonds is 6. The van der Waals surface area contributed by atoms with Crippen LogP contribution in [0.1, 0.15) is 34.6 Å². The lowest BCUT2D eigenvalue weighted by atomic mass is 10.2. The molecule has 0 aliphatic heterocycles. The fourth-order valence-electron chi connectivity index (χ4n) is 1.54. The average molecular weight is 237 g/mol. The fraction of sp³-hybridized carbons (Fsp3) is 0.571. The lowest BCUT2D eigenvalue weighted by Crippen LogP contribution is -2.10. The molecule has 1 aromatic rings. The molecule has 96 valence electrons. The van der Waals surface area contributed by atoms with Crippen molar-refractivity contribution < 1.29 is 9.47 Å². The van der Waals surface area contributed by atoms with Gasteiger partial charge in [0.25, 0.3) is 0 Å². The minimum Gasteiger partial charge on any atom is -0.491 e. The van der Waals surface area contributed by atoms with Crippen LogP contribution in [0.4, 0.5) is 5.69 Å². The predicted octanol–water partition coefficient (Wildman–Crippen LogP) is 3.69. The van der Waals surface area contributed by atoms with Crippen LogP contribution >= 0.6 is 0 Å². The van der Waals surface area contributed by atoms with Gasteiger partial charge in [0.1, 0.15) is 11.5 Å². The molecule has 0 heterocycles. The Morgan fingerprint density at radius 1 is 1.06 bits per heavy atom. The molecular formula is C14H23NO2. The highest BCUT2D eigenvalue weighted by Crippen LogP contribution is 2.30. The van der Waals surface area contributed by atoms with Crippen LogP contribution in [0.25, 0.3) is 0 Å². The third-order valence-electron chi connectivity index (χ3n) is 2.05. The molecule has 1 aromatic carbocycles. The molecule has 0 bridgehead atoms. The second-order valence-electron chi connectivity index (χ2n) is 4.52. The predicted molar refractivity (Wildman–Crippen MR) is 72.1 cm³/mol. The quantitative estimate of drug-likeness (QED) is 0.818. The van der Waals surface area contributed by atoms with Crippen molar-refractivity contribution in [3.63, 3.8) is 0 Å². The number of benzene rings is 1. The van der Waals surface area contributed by atoms with Gasteiger partial charge in [0.15, 0.2) is 0 Å². The van der Waals surface area contributed by atoms with Gasteiger partial charge < -0.3 is 14.8 Å². The summed E-state index contributed by atoms with van der Waals surface area (Å²) in [7, 11) is 0. The minimum absolute atomic E-state index is 0.171. The molecule has 0 radical (unpaired) electrons. The van der Waals surface area contributed by atoms with Crippen LogP contribution in [-0.4, -0.2) is 18.8 Å². The zero-order chi connectivity index (χ0) is 12.8. The molecule has 1 N–H and O–H groups in total. The Labute approximate surface area is 104 Å². The zero-order valence-electron chi connectivity index (χ0n) is 11.4. The lowest BCUT2D eigenvalue weighted by molar-refractivity contribution is 0.236. The Kier molecular flexibility index (Phi) is 5.13.